The fraction of sp³-hybridized carbons (Fsp3) is 0.643. The number of hydrogen-bond donors (Lipinski definition) is 1. The van der Waals surface area contributed by atoms with Crippen LogP contribution in [0.4, 0.5) is 0 Å². The first-order valence-corrected chi connectivity index (χ1v) is 8.79. The van der Waals surface area contributed by atoms with Gasteiger partial charge in [-0.2, -0.15) is 4.31 Å². The third-order valence-electron chi connectivity index (χ3n) is 3.89. The second-order valence-corrected chi connectivity index (χ2v) is 7.51. The number of pyridine rings is 1. The second kappa shape index (κ2) is 5.79. The quantitative estimate of drug-likeness (QED) is 0.894. The van der Waals surface area contributed by atoms with Crippen LogP contribution < -0.4 is 5.32 Å². The Morgan fingerprint density at radius 2 is 1.95 bits per heavy atom. The monoisotopic (exact) mass is 295 g/mol. The zero-order valence-electron chi connectivity index (χ0n) is 11.6. The van der Waals surface area contributed by atoms with E-state index in [1.165, 1.54) is 12.8 Å². The van der Waals surface area contributed by atoms with Crippen molar-refractivity contribution >= 4 is 10.0 Å². The van der Waals surface area contributed by atoms with Crippen molar-refractivity contribution in [1.82, 2.24) is 14.6 Å². The SMILES string of the molecule is O=S(=O)(c1ccc(CNC2CC2)cn1)N1CCCCC1. The third-order valence-corrected chi connectivity index (χ3v) is 5.70. The maximum atomic E-state index is 12.4. The van der Waals surface area contributed by atoms with Crippen molar-refractivity contribution in [3.8, 4) is 0 Å². The molecule has 1 aromatic heterocycles. The van der Waals surface area contributed by atoms with Crippen molar-refractivity contribution < 1.29 is 8.42 Å². The van der Waals surface area contributed by atoms with Crippen molar-refractivity contribution in [3.63, 3.8) is 0 Å². The van der Waals surface area contributed by atoms with Gasteiger partial charge < -0.3 is 5.32 Å². The first-order chi connectivity index (χ1) is 9.66. The maximum absolute atomic E-state index is 12.4. The summed E-state index contributed by atoms with van der Waals surface area (Å²) in [5, 5.41) is 3.57. The van der Waals surface area contributed by atoms with E-state index in [0.717, 1.165) is 31.4 Å². The summed E-state index contributed by atoms with van der Waals surface area (Å²) < 4.78 is 26.4. The Kier molecular flexibility index (Phi) is 4.05. The molecule has 0 radical (unpaired) electrons. The summed E-state index contributed by atoms with van der Waals surface area (Å²) in [6, 6.07) is 4.14. The van der Waals surface area contributed by atoms with E-state index in [4.69, 9.17) is 0 Å². The minimum Gasteiger partial charge on any atom is -0.310 e. The molecule has 5 nitrogen and oxygen atoms in total. The van der Waals surface area contributed by atoms with Gasteiger partial charge in [0, 0.05) is 31.9 Å². The van der Waals surface area contributed by atoms with Crippen LogP contribution in [0.2, 0.25) is 0 Å². The van der Waals surface area contributed by atoms with Crippen LogP contribution in [0.15, 0.2) is 23.4 Å². The van der Waals surface area contributed by atoms with Crippen LogP contribution in [0.5, 0.6) is 0 Å². The highest BCUT2D eigenvalue weighted by Gasteiger charge is 2.27. The van der Waals surface area contributed by atoms with Crippen LogP contribution in [0.1, 0.15) is 37.7 Å². The third kappa shape index (κ3) is 3.19. The molecule has 1 aromatic rings. The zero-order chi connectivity index (χ0) is 14.0. The molecular formula is C14H21N3O2S. The molecular weight excluding hydrogens is 274 g/mol. The standard InChI is InChI=1S/C14H21N3O2S/c18-20(19,17-8-2-1-3-9-17)14-7-4-12(11-16-14)10-15-13-5-6-13/h4,7,11,13,15H,1-3,5-6,8-10H2. The van der Waals surface area contributed by atoms with E-state index in [-0.39, 0.29) is 5.03 Å². The summed E-state index contributed by atoms with van der Waals surface area (Å²) in [6.45, 7) is 2.01. The van der Waals surface area contributed by atoms with E-state index in [0.29, 0.717) is 19.1 Å². The summed E-state index contributed by atoms with van der Waals surface area (Å²) in [5.74, 6) is 0. The summed E-state index contributed by atoms with van der Waals surface area (Å²) in [4.78, 5) is 4.15. The number of rotatable bonds is 5. The van der Waals surface area contributed by atoms with E-state index < -0.39 is 10.0 Å². The van der Waals surface area contributed by atoms with Gasteiger partial charge in [0.2, 0.25) is 0 Å². The minimum atomic E-state index is -3.40. The largest absolute Gasteiger partial charge is 0.310 e. The molecule has 0 aromatic carbocycles. The molecule has 20 heavy (non-hydrogen) atoms. The first-order valence-electron chi connectivity index (χ1n) is 7.35. The fourth-order valence-electron chi connectivity index (χ4n) is 2.46. The molecule has 2 heterocycles. The van der Waals surface area contributed by atoms with Crippen LogP contribution in [-0.2, 0) is 16.6 Å². The Hall–Kier alpha value is -0.980. The van der Waals surface area contributed by atoms with E-state index in [1.807, 2.05) is 6.07 Å². The predicted octanol–water partition coefficient (Wildman–Crippen LogP) is 1.51. The molecule has 1 saturated heterocycles. The lowest BCUT2D eigenvalue weighted by Gasteiger charge is -2.25. The molecule has 2 fully saturated rings. The van der Waals surface area contributed by atoms with Gasteiger partial charge in [0.05, 0.1) is 0 Å². The molecule has 6 heteroatoms. The Morgan fingerprint density at radius 3 is 2.55 bits per heavy atom. The highest BCUT2D eigenvalue weighted by molar-refractivity contribution is 7.89. The first kappa shape index (κ1) is 14.0. The van der Waals surface area contributed by atoms with Crippen molar-refractivity contribution in [2.24, 2.45) is 0 Å². The fourth-order valence-corrected chi connectivity index (χ4v) is 3.88. The minimum absolute atomic E-state index is 0.176. The Morgan fingerprint density at radius 1 is 1.20 bits per heavy atom. The van der Waals surface area contributed by atoms with Gasteiger partial charge in [0.25, 0.3) is 10.0 Å². The summed E-state index contributed by atoms with van der Waals surface area (Å²) in [6.07, 6.45) is 7.17. The molecule has 1 N–H and O–H groups in total. The van der Waals surface area contributed by atoms with Gasteiger partial charge in [0.1, 0.15) is 0 Å². The lowest BCUT2D eigenvalue weighted by Crippen LogP contribution is -2.36. The van der Waals surface area contributed by atoms with Gasteiger partial charge in [-0.1, -0.05) is 12.5 Å². The van der Waals surface area contributed by atoms with Crippen LogP contribution in [0.25, 0.3) is 0 Å². The average molecular weight is 295 g/mol. The highest BCUT2D eigenvalue weighted by Crippen LogP contribution is 2.20. The molecule has 1 saturated carbocycles. The second-order valence-electron chi connectivity index (χ2n) is 5.62. The lowest BCUT2D eigenvalue weighted by atomic mass is 10.2. The molecule has 2 aliphatic rings. The maximum Gasteiger partial charge on any atom is 0.260 e. The van der Waals surface area contributed by atoms with Gasteiger partial charge in [-0.05, 0) is 37.3 Å². The highest BCUT2D eigenvalue weighted by atomic mass is 32.2. The normalized spacial score (nSPS) is 21.0. The molecule has 0 unspecified atom stereocenters. The van der Waals surface area contributed by atoms with Crippen molar-refractivity contribution in [2.75, 3.05) is 13.1 Å². The number of hydrogen-bond acceptors (Lipinski definition) is 4. The Balaban J connectivity index is 1.68. The van der Waals surface area contributed by atoms with Crippen LogP contribution >= 0.6 is 0 Å². The van der Waals surface area contributed by atoms with E-state index in [1.54, 1.807) is 16.6 Å². The number of nitrogens with zero attached hydrogens (tertiary/aromatic N) is 2. The van der Waals surface area contributed by atoms with Crippen LogP contribution in [-0.4, -0.2) is 36.8 Å². The molecule has 1 aliphatic carbocycles. The molecule has 0 atom stereocenters. The lowest BCUT2D eigenvalue weighted by molar-refractivity contribution is 0.345. The van der Waals surface area contributed by atoms with Gasteiger partial charge in [-0.25, -0.2) is 13.4 Å². The van der Waals surface area contributed by atoms with Crippen molar-refractivity contribution in [3.05, 3.63) is 23.9 Å². The molecule has 110 valence electrons. The molecule has 0 amide bonds. The van der Waals surface area contributed by atoms with Crippen LogP contribution in [0.3, 0.4) is 0 Å². The predicted molar refractivity (Wildman–Crippen MR) is 76.7 cm³/mol. The zero-order valence-corrected chi connectivity index (χ0v) is 12.4. The summed E-state index contributed by atoms with van der Waals surface area (Å²) >= 11 is 0. The van der Waals surface area contributed by atoms with Gasteiger partial charge in [-0.3, -0.25) is 0 Å². The molecule has 0 bridgehead atoms. The molecule has 1 aliphatic heterocycles. The number of sulfonamides is 1. The van der Waals surface area contributed by atoms with E-state index in [2.05, 4.69) is 10.3 Å². The summed E-state index contributed by atoms with van der Waals surface area (Å²) in [7, 11) is -3.40. The Bertz CT molecular complexity index is 546. The number of nitrogens with one attached hydrogen (secondary N) is 1. The summed E-state index contributed by atoms with van der Waals surface area (Å²) in [5.41, 5.74) is 1.04. The van der Waals surface area contributed by atoms with Gasteiger partial charge >= 0.3 is 0 Å². The van der Waals surface area contributed by atoms with E-state index in [9.17, 15) is 8.42 Å². The molecule has 3 rings (SSSR count). The topological polar surface area (TPSA) is 62.3 Å². The smallest absolute Gasteiger partial charge is 0.260 e. The Labute approximate surface area is 120 Å². The van der Waals surface area contributed by atoms with Crippen LogP contribution in [0, 0.1) is 0 Å². The molecule has 0 spiro atoms. The van der Waals surface area contributed by atoms with E-state index >= 15 is 0 Å². The van der Waals surface area contributed by atoms with Gasteiger partial charge in [-0.15, -0.1) is 0 Å². The van der Waals surface area contributed by atoms with Crippen molar-refractivity contribution in [1.29, 1.82) is 0 Å². The number of aromatic nitrogens is 1. The van der Waals surface area contributed by atoms with Gasteiger partial charge in [0.15, 0.2) is 5.03 Å². The average Bonchev–Trinajstić information content (AvgIpc) is 3.31. The number of piperidine rings is 1. The van der Waals surface area contributed by atoms with Crippen molar-refractivity contribution in [2.45, 2.75) is 49.7 Å².